The third-order valence-corrected chi connectivity index (χ3v) is 3.96. The molecule has 0 bridgehead atoms. The first-order chi connectivity index (χ1) is 7.50. The minimum atomic E-state index is -0.180. The molecule has 1 heterocycles. The molecular formula is C12H17BrN2O. The van der Waals surface area contributed by atoms with Crippen molar-refractivity contribution in [2.45, 2.75) is 39.0 Å². The van der Waals surface area contributed by atoms with E-state index >= 15 is 0 Å². The highest BCUT2D eigenvalue weighted by Gasteiger charge is 2.46. The highest BCUT2D eigenvalue weighted by Crippen LogP contribution is 2.40. The Labute approximate surface area is 104 Å². The standard InChI is InChI=1S/C12H17BrN2O/c1-12(2)9(6-10(12)16)14-7-8-4-3-5-11(13)15-8/h3-5,9-10,14,16H,6-7H2,1-2H3. The van der Waals surface area contributed by atoms with E-state index in [0.717, 1.165) is 23.3 Å². The van der Waals surface area contributed by atoms with Crippen molar-refractivity contribution in [2.75, 3.05) is 0 Å². The van der Waals surface area contributed by atoms with Crippen molar-refractivity contribution < 1.29 is 5.11 Å². The number of aliphatic hydroxyl groups is 1. The van der Waals surface area contributed by atoms with E-state index in [2.05, 4.69) is 40.1 Å². The zero-order valence-corrected chi connectivity index (χ0v) is 11.2. The smallest absolute Gasteiger partial charge is 0.106 e. The van der Waals surface area contributed by atoms with E-state index in [1.54, 1.807) is 0 Å². The van der Waals surface area contributed by atoms with E-state index in [4.69, 9.17) is 0 Å². The van der Waals surface area contributed by atoms with Crippen molar-refractivity contribution in [1.29, 1.82) is 0 Å². The topological polar surface area (TPSA) is 45.1 Å². The van der Waals surface area contributed by atoms with Gasteiger partial charge in [-0.05, 0) is 34.5 Å². The summed E-state index contributed by atoms with van der Waals surface area (Å²) >= 11 is 3.35. The van der Waals surface area contributed by atoms with Gasteiger partial charge >= 0.3 is 0 Å². The maximum atomic E-state index is 9.62. The number of hydrogen-bond donors (Lipinski definition) is 2. The van der Waals surface area contributed by atoms with E-state index in [1.807, 2.05) is 18.2 Å². The molecule has 0 radical (unpaired) electrons. The molecule has 0 amide bonds. The molecule has 0 aliphatic heterocycles. The second-order valence-electron chi connectivity index (χ2n) is 4.96. The van der Waals surface area contributed by atoms with Crippen LogP contribution in [0.5, 0.6) is 0 Å². The van der Waals surface area contributed by atoms with E-state index in [9.17, 15) is 5.11 Å². The first kappa shape index (κ1) is 12.0. The lowest BCUT2D eigenvalue weighted by Crippen LogP contribution is -2.59. The van der Waals surface area contributed by atoms with E-state index in [1.165, 1.54) is 0 Å². The second kappa shape index (κ2) is 4.43. The van der Waals surface area contributed by atoms with Crippen LogP contribution in [0.4, 0.5) is 0 Å². The zero-order valence-electron chi connectivity index (χ0n) is 9.57. The molecule has 0 spiro atoms. The molecule has 88 valence electrons. The molecule has 2 unspecified atom stereocenters. The molecule has 1 aromatic heterocycles. The molecule has 2 rings (SSSR count). The van der Waals surface area contributed by atoms with Crippen LogP contribution in [0.1, 0.15) is 26.0 Å². The van der Waals surface area contributed by atoms with Gasteiger partial charge in [-0.15, -0.1) is 0 Å². The van der Waals surface area contributed by atoms with E-state index < -0.39 is 0 Å². The number of pyridine rings is 1. The predicted octanol–water partition coefficient (Wildman–Crippen LogP) is 2.09. The summed E-state index contributed by atoms with van der Waals surface area (Å²) in [5.41, 5.74) is 0.998. The molecule has 0 saturated heterocycles. The molecular weight excluding hydrogens is 268 g/mol. The number of nitrogens with one attached hydrogen (secondary N) is 1. The summed E-state index contributed by atoms with van der Waals surface area (Å²) in [5, 5.41) is 13.1. The summed E-state index contributed by atoms with van der Waals surface area (Å²) in [6.07, 6.45) is 0.654. The van der Waals surface area contributed by atoms with Crippen LogP contribution in [-0.4, -0.2) is 22.2 Å². The summed E-state index contributed by atoms with van der Waals surface area (Å²) in [6.45, 7) is 4.93. The molecule has 1 aliphatic rings. The average Bonchev–Trinajstić information content (AvgIpc) is 2.24. The van der Waals surface area contributed by atoms with Crippen LogP contribution in [0.15, 0.2) is 22.8 Å². The Kier molecular flexibility index (Phi) is 3.33. The maximum Gasteiger partial charge on any atom is 0.106 e. The SMILES string of the molecule is CC1(C)C(O)CC1NCc1cccc(Br)n1. The van der Waals surface area contributed by atoms with Crippen LogP contribution in [0, 0.1) is 5.41 Å². The van der Waals surface area contributed by atoms with Gasteiger partial charge in [0.2, 0.25) is 0 Å². The minimum Gasteiger partial charge on any atom is -0.392 e. The lowest BCUT2D eigenvalue weighted by Gasteiger charge is -2.49. The molecule has 1 saturated carbocycles. The van der Waals surface area contributed by atoms with Crippen molar-refractivity contribution in [3.63, 3.8) is 0 Å². The van der Waals surface area contributed by atoms with Crippen molar-refractivity contribution in [3.8, 4) is 0 Å². The molecule has 1 fully saturated rings. The van der Waals surface area contributed by atoms with Gasteiger partial charge in [-0.2, -0.15) is 0 Å². The van der Waals surface area contributed by atoms with E-state index in [0.29, 0.717) is 6.04 Å². The highest BCUT2D eigenvalue weighted by atomic mass is 79.9. The fourth-order valence-electron chi connectivity index (χ4n) is 2.03. The van der Waals surface area contributed by atoms with Crippen LogP contribution >= 0.6 is 15.9 Å². The quantitative estimate of drug-likeness (QED) is 0.836. The van der Waals surface area contributed by atoms with Crippen molar-refractivity contribution >= 4 is 15.9 Å². The Bertz CT molecular complexity index is 381. The molecule has 0 aromatic carbocycles. The van der Waals surface area contributed by atoms with Crippen molar-refractivity contribution in [3.05, 3.63) is 28.5 Å². The van der Waals surface area contributed by atoms with Gasteiger partial charge in [0.15, 0.2) is 0 Å². The number of hydrogen-bond acceptors (Lipinski definition) is 3. The zero-order chi connectivity index (χ0) is 11.8. The molecule has 2 N–H and O–H groups in total. The van der Waals surface area contributed by atoms with Crippen LogP contribution in [-0.2, 0) is 6.54 Å². The van der Waals surface area contributed by atoms with Gasteiger partial charge in [-0.3, -0.25) is 0 Å². The number of halogens is 1. The summed E-state index contributed by atoms with van der Waals surface area (Å²) in [6, 6.07) is 6.28. The Morgan fingerprint density at radius 2 is 2.31 bits per heavy atom. The van der Waals surface area contributed by atoms with Gasteiger partial charge in [0.1, 0.15) is 4.60 Å². The number of aliphatic hydroxyl groups excluding tert-OH is 1. The third-order valence-electron chi connectivity index (χ3n) is 3.52. The number of aromatic nitrogens is 1. The lowest BCUT2D eigenvalue weighted by molar-refractivity contribution is -0.0730. The van der Waals surface area contributed by atoms with Crippen molar-refractivity contribution in [2.24, 2.45) is 5.41 Å². The third kappa shape index (κ3) is 2.29. The Morgan fingerprint density at radius 1 is 1.56 bits per heavy atom. The number of rotatable bonds is 3. The molecule has 4 heteroatoms. The summed E-state index contributed by atoms with van der Waals surface area (Å²) < 4.78 is 0.861. The largest absolute Gasteiger partial charge is 0.392 e. The summed E-state index contributed by atoms with van der Waals surface area (Å²) in [4.78, 5) is 4.36. The monoisotopic (exact) mass is 284 g/mol. The number of nitrogens with zero attached hydrogens (tertiary/aromatic N) is 1. The van der Waals surface area contributed by atoms with Crippen molar-refractivity contribution in [1.82, 2.24) is 10.3 Å². The summed E-state index contributed by atoms with van der Waals surface area (Å²) in [5.74, 6) is 0. The molecule has 1 aliphatic carbocycles. The summed E-state index contributed by atoms with van der Waals surface area (Å²) in [7, 11) is 0. The molecule has 1 aromatic rings. The Morgan fingerprint density at radius 3 is 2.88 bits per heavy atom. The average molecular weight is 285 g/mol. The fraction of sp³-hybridized carbons (Fsp3) is 0.583. The normalized spacial score (nSPS) is 27.5. The second-order valence-corrected chi connectivity index (χ2v) is 5.77. The lowest BCUT2D eigenvalue weighted by atomic mass is 9.64. The van der Waals surface area contributed by atoms with Gasteiger partial charge in [-0.1, -0.05) is 19.9 Å². The first-order valence-corrected chi connectivity index (χ1v) is 6.32. The van der Waals surface area contributed by atoms with Gasteiger partial charge in [0, 0.05) is 18.0 Å². The maximum absolute atomic E-state index is 9.62. The van der Waals surface area contributed by atoms with Crippen LogP contribution in [0.3, 0.4) is 0 Å². The minimum absolute atomic E-state index is 0.0218. The highest BCUT2D eigenvalue weighted by molar-refractivity contribution is 9.10. The fourth-order valence-corrected chi connectivity index (χ4v) is 2.41. The molecule has 3 nitrogen and oxygen atoms in total. The van der Waals surface area contributed by atoms with Gasteiger partial charge in [-0.25, -0.2) is 4.98 Å². The molecule has 2 atom stereocenters. The van der Waals surface area contributed by atoms with Gasteiger partial charge in [0.05, 0.1) is 11.8 Å². The first-order valence-electron chi connectivity index (χ1n) is 5.53. The van der Waals surface area contributed by atoms with Crippen LogP contribution < -0.4 is 5.32 Å². The Hall–Kier alpha value is -0.450. The Balaban J connectivity index is 1.89. The molecule has 16 heavy (non-hydrogen) atoms. The van der Waals surface area contributed by atoms with Crippen LogP contribution in [0.25, 0.3) is 0 Å². The van der Waals surface area contributed by atoms with Gasteiger partial charge < -0.3 is 10.4 Å². The van der Waals surface area contributed by atoms with E-state index in [-0.39, 0.29) is 11.5 Å². The van der Waals surface area contributed by atoms with Gasteiger partial charge in [0.25, 0.3) is 0 Å². The van der Waals surface area contributed by atoms with Crippen LogP contribution in [0.2, 0.25) is 0 Å². The predicted molar refractivity (Wildman–Crippen MR) is 67.0 cm³/mol.